The fourth-order valence-electron chi connectivity index (χ4n) is 7.17. The van der Waals surface area contributed by atoms with Crippen LogP contribution in [-0.4, -0.2) is 9.13 Å². The smallest absolute Gasteiger partial charge is 0.0541 e. The lowest BCUT2D eigenvalue weighted by molar-refractivity contribution is 0.490. The molecule has 0 aliphatic heterocycles. The molecule has 2 heteroatoms. The molecule has 2 heterocycles. The zero-order valence-corrected chi connectivity index (χ0v) is 25.4. The zero-order valence-electron chi connectivity index (χ0n) is 25.4. The molecule has 0 aliphatic rings. The molecular weight excluding hydrogens is 532 g/mol. The van der Waals surface area contributed by atoms with Gasteiger partial charge in [-0.15, -0.1) is 0 Å². The summed E-state index contributed by atoms with van der Waals surface area (Å²) in [4.78, 5) is 0. The normalized spacial score (nSPS) is 11.9. The van der Waals surface area contributed by atoms with Crippen LogP contribution in [0.25, 0.3) is 66.1 Å². The number of aromatic nitrogens is 2. The number of para-hydroxylation sites is 4. The Labute approximate surface area is 258 Å². The summed E-state index contributed by atoms with van der Waals surface area (Å²) in [5, 5.41) is 5.10. The third kappa shape index (κ3) is 4.33. The Morgan fingerprint density at radius 1 is 0.432 bits per heavy atom. The van der Waals surface area contributed by atoms with E-state index in [-0.39, 0.29) is 0 Å². The van der Waals surface area contributed by atoms with E-state index in [1.807, 2.05) is 0 Å². The second-order valence-electron chi connectivity index (χ2n) is 12.1. The maximum atomic E-state index is 2.44. The molecule has 0 N–H and O–H groups in total. The summed E-state index contributed by atoms with van der Waals surface area (Å²) in [6, 6.07) is 51.5. The van der Waals surface area contributed by atoms with Crippen molar-refractivity contribution in [2.24, 2.45) is 5.92 Å². The fourth-order valence-corrected chi connectivity index (χ4v) is 7.17. The van der Waals surface area contributed by atoms with Crippen LogP contribution in [0.3, 0.4) is 0 Å². The molecule has 0 atom stereocenters. The predicted octanol–water partition coefficient (Wildman–Crippen LogP) is 11.5. The fraction of sp³-hybridized carbons (Fsp3) is 0.143. The van der Waals surface area contributed by atoms with Crippen LogP contribution in [0.5, 0.6) is 0 Å². The minimum atomic E-state index is 0.737. The highest BCUT2D eigenvalue weighted by molar-refractivity contribution is 6.10. The van der Waals surface area contributed by atoms with E-state index < -0.39 is 0 Å². The average molecular weight is 569 g/mol. The molecule has 2 aromatic heterocycles. The lowest BCUT2D eigenvalue weighted by Crippen LogP contribution is -2.01. The molecule has 0 amide bonds. The Morgan fingerprint density at radius 2 is 0.818 bits per heavy atom. The van der Waals surface area contributed by atoms with Gasteiger partial charge in [0.2, 0.25) is 0 Å². The molecule has 44 heavy (non-hydrogen) atoms. The van der Waals surface area contributed by atoms with Crippen molar-refractivity contribution in [1.29, 1.82) is 0 Å². The van der Waals surface area contributed by atoms with Crippen LogP contribution in [0, 0.1) is 5.92 Å². The lowest BCUT2D eigenvalue weighted by atomic mass is 9.93. The van der Waals surface area contributed by atoms with Crippen LogP contribution < -0.4 is 0 Å². The number of rotatable bonds is 7. The number of fused-ring (bicyclic) bond motifs is 6. The van der Waals surface area contributed by atoms with Crippen LogP contribution in [0.1, 0.15) is 32.3 Å². The van der Waals surface area contributed by atoms with Crippen molar-refractivity contribution >= 4 is 43.6 Å². The molecule has 6 aromatic carbocycles. The van der Waals surface area contributed by atoms with Crippen LogP contribution in [0.4, 0.5) is 0 Å². The zero-order chi connectivity index (χ0) is 29.6. The number of hydrogen-bond acceptors (Lipinski definition) is 0. The molecule has 0 spiro atoms. The molecule has 0 unspecified atom stereocenters. The van der Waals surface area contributed by atoms with E-state index in [2.05, 4.69) is 163 Å². The van der Waals surface area contributed by atoms with Crippen LogP contribution >= 0.6 is 0 Å². The van der Waals surface area contributed by atoms with Gasteiger partial charge in [0, 0.05) is 32.9 Å². The molecule has 8 rings (SSSR count). The monoisotopic (exact) mass is 568 g/mol. The first-order valence-electron chi connectivity index (χ1n) is 15.9. The highest BCUT2D eigenvalue weighted by atomic mass is 15.0. The second-order valence-corrected chi connectivity index (χ2v) is 12.1. The largest absolute Gasteiger partial charge is 0.309 e. The van der Waals surface area contributed by atoms with Crippen molar-refractivity contribution in [3.8, 4) is 22.5 Å². The van der Waals surface area contributed by atoms with E-state index >= 15 is 0 Å². The SMILES string of the molecule is CCC(CC)Cc1ccc(-c2cc(-n3c4ccccc4c4ccccc43)cc(-n3c4ccccc4c4ccccc43)c2)cc1. The van der Waals surface area contributed by atoms with Crippen molar-refractivity contribution in [3.63, 3.8) is 0 Å². The van der Waals surface area contributed by atoms with Gasteiger partial charge in [-0.25, -0.2) is 0 Å². The molecule has 8 aromatic rings. The Hall–Kier alpha value is -5.08. The summed E-state index contributed by atoms with van der Waals surface area (Å²) in [7, 11) is 0. The first kappa shape index (κ1) is 26.5. The van der Waals surface area contributed by atoms with Gasteiger partial charge in [0.05, 0.1) is 22.1 Å². The van der Waals surface area contributed by atoms with Gasteiger partial charge in [-0.05, 0) is 71.5 Å². The van der Waals surface area contributed by atoms with Gasteiger partial charge in [0.1, 0.15) is 0 Å². The van der Waals surface area contributed by atoms with Crippen molar-refractivity contribution in [2.45, 2.75) is 33.1 Å². The van der Waals surface area contributed by atoms with Gasteiger partial charge >= 0.3 is 0 Å². The van der Waals surface area contributed by atoms with Gasteiger partial charge in [0.25, 0.3) is 0 Å². The summed E-state index contributed by atoms with van der Waals surface area (Å²) in [6.07, 6.45) is 3.59. The Balaban J connectivity index is 1.40. The molecule has 2 nitrogen and oxygen atoms in total. The molecule has 0 radical (unpaired) electrons. The van der Waals surface area contributed by atoms with Gasteiger partial charge < -0.3 is 9.13 Å². The van der Waals surface area contributed by atoms with Crippen LogP contribution in [0.2, 0.25) is 0 Å². The first-order chi connectivity index (χ1) is 21.7. The molecule has 214 valence electrons. The summed E-state index contributed by atoms with van der Waals surface area (Å²) >= 11 is 0. The quantitative estimate of drug-likeness (QED) is 0.181. The average Bonchev–Trinajstić information content (AvgIpc) is 3.60. The van der Waals surface area contributed by atoms with E-state index in [4.69, 9.17) is 0 Å². The van der Waals surface area contributed by atoms with Crippen molar-refractivity contribution in [2.75, 3.05) is 0 Å². The maximum Gasteiger partial charge on any atom is 0.0541 e. The predicted molar refractivity (Wildman–Crippen MR) is 188 cm³/mol. The molecule has 0 aliphatic carbocycles. The summed E-state index contributed by atoms with van der Waals surface area (Å²) in [5.41, 5.74) is 11.1. The number of hydrogen-bond donors (Lipinski definition) is 0. The van der Waals surface area contributed by atoms with Crippen LogP contribution in [0.15, 0.2) is 140 Å². The van der Waals surface area contributed by atoms with Crippen molar-refractivity contribution in [1.82, 2.24) is 9.13 Å². The van der Waals surface area contributed by atoms with E-state index in [0.29, 0.717) is 0 Å². The van der Waals surface area contributed by atoms with E-state index in [1.165, 1.54) is 73.1 Å². The van der Waals surface area contributed by atoms with E-state index in [1.54, 1.807) is 0 Å². The summed E-state index contributed by atoms with van der Waals surface area (Å²) < 4.78 is 4.88. The Kier molecular flexibility index (Phi) is 6.56. The first-order valence-corrected chi connectivity index (χ1v) is 15.9. The van der Waals surface area contributed by atoms with Crippen molar-refractivity contribution < 1.29 is 0 Å². The summed E-state index contributed by atoms with van der Waals surface area (Å²) in [5.74, 6) is 0.737. The number of nitrogens with zero attached hydrogens (tertiary/aromatic N) is 2. The lowest BCUT2D eigenvalue weighted by Gasteiger charge is -2.16. The molecule has 0 fully saturated rings. The van der Waals surface area contributed by atoms with E-state index in [9.17, 15) is 0 Å². The van der Waals surface area contributed by atoms with Gasteiger partial charge in [-0.2, -0.15) is 0 Å². The second kappa shape index (κ2) is 10.9. The molecule has 0 saturated carbocycles. The Morgan fingerprint density at radius 3 is 1.20 bits per heavy atom. The maximum absolute atomic E-state index is 2.44. The molecular formula is C42H36N2. The Bertz CT molecular complexity index is 2040. The number of benzene rings is 6. The van der Waals surface area contributed by atoms with Gasteiger partial charge in [-0.1, -0.05) is 124 Å². The topological polar surface area (TPSA) is 9.86 Å². The molecule has 0 saturated heterocycles. The standard InChI is InChI=1S/C42H36N2/c1-3-29(4-2)25-30-21-23-31(24-22-30)32-26-33(43-39-17-9-5-13-35(39)36-14-6-10-18-40(36)43)28-34(27-32)44-41-19-11-7-15-37(41)38-16-8-12-20-42(38)44/h5-24,26-29H,3-4,25H2,1-2H3. The van der Waals surface area contributed by atoms with Gasteiger partial charge in [0.15, 0.2) is 0 Å². The highest BCUT2D eigenvalue weighted by Gasteiger charge is 2.17. The third-order valence-corrected chi connectivity index (χ3v) is 9.55. The molecule has 0 bridgehead atoms. The minimum Gasteiger partial charge on any atom is -0.309 e. The summed E-state index contributed by atoms with van der Waals surface area (Å²) in [6.45, 7) is 4.61. The van der Waals surface area contributed by atoms with Crippen molar-refractivity contribution in [3.05, 3.63) is 145 Å². The van der Waals surface area contributed by atoms with Crippen LogP contribution in [-0.2, 0) is 6.42 Å². The third-order valence-electron chi connectivity index (χ3n) is 9.55. The van der Waals surface area contributed by atoms with Gasteiger partial charge in [-0.3, -0.25) is 0 Å². The van der Waals surface area contributed by atoms with E-state index in [0.717, 1.165) is 23.7 Å². The minimum absolute atomic E-state index is 0.737. The highest BCUT2D eigenvalue weighted by Crippen LogP contribution is 2.37.